The lowest BCUT2D eigenvalue weighted by atomic mass is 10.1. The number of nitrogens with one attached hydrogen (secondary N) is 1. The maximum absolute atomic E-state index is 8.63. The first-order valence-electron chi connectivity index (χ1n) is 4.29. The highest BCUT2D eigenvalue weighted by atomic mass is 14.8. The van der Waals surface area contributed by atoms with E-state index in [1.165, 1.54) is 0 Å². The number of hydrogen-bond acceptors (Lipinski definition) is 3. The van der Waals surface area contributed by atoms with E-state index in [-0.39, 0.29) is 5.57 Å². The van der Waals surface area contributed by atoms with Crippen molar-refractivity contribution in [3.8, 4) is 12.1 Å². The van der Waals surface area contributed by atoms with Crippen LogP contribution in [0.5, 0.6) is 0 Å². The summed E-state index contributed by atoms with van der Waals surface area (Å²) in [5, 5.41) is 18.2. The molecule has 0 spiro atoms. The Kier molecular flexibility index (Phi) is 2.19. The number of fused-ring (bicyclic) bond motifs is 1. The Hall–Kier alpha value is -2.59. The highest BCUT2D eigenvalue weighted by Crippen LogP contribution is 2.18. The lowest BCUT2D eigenvalue weighted by Crippen LogP contribution is -1.75. The van der Waals surface area contributed by atoms with E-state index < -0.39 is 0 Å². The number of aromatic nitrogens is 2. The first-order valence-corrected chi connectivity index (χ1v) is 4.29. The largest absolute Gasteiger partial charge is 0.346 e. The van der Waals surface area contributed by atoms with E-state index in [4.69, 9.17) is 10.5 Å². The molecule has 2 aromatic heterocycles. The number of rotatable bonds is 1. The minimum absolute atomic E-state index is 0.0831. The predicted molar refractivity (Wildman–Crippen MR) is 55.3 cm³/mol. The molecule has 2 aromatic rings. The number of nitriles is 2. The van der Waals surface area contributed by atoms with Crippen molar-refractivity contribution in [1.82, 2.24) is 9.97 Å². The molecule has 2 rings (SSSR count). The number of hydrogen-bond donors (Lipinski definition) is 1. The van der Waals surface area contributed by atoms with E-state index in [0.29, 0.717) is 0 Å². The van der Waals surface area contributed by atoms with Crippen molar-refractivity contribution in [2.24, 2.45) is 0 Å². The number of nitrogens with zero attached hydrogens (tertiary/aromatic N) is 3. The lowest BCUT2D eigenvalue weighted by molar-refractivity contribution is 1.33. The van der Waals surface area contributed by atoms with Crippen LogP contribution in [0.4, 0.5) is 0 Å². The monoisotopic (exact) mass is 194 g/mol. The molecule has 0 bridgehead atoms. The molecule has 70 valence electrons. The van der Waals surface area contributed by atoms with Crippen LogP contribution in [0.2, 0.25) is 0 Å². The van der Waals surface area contributed by atoms with Crippen LogP contribution in [0, 0.1) is 22.7 Å². The molecule has 0 aromatic carbocycles. The van der Waals surface area contributed by atoms with Gasteiger partial charge in [-0.2, -0.15) is 10.5 Å². The van der Waals surface area contributed by atoms with E-state index in [2.05, 4.69) is 9.97 Å². The highest BCUT2D eigenvalue weighted by molar-refractivity contribution is 5.87. The van der Waals surface area contributed by atoms with Crippen LogP contribution < -0.4 is 0 Å². The Bertz CT molecular complexity index is 591. The van der Waals surface area contributed by atoms with Crippen LogP contribution in [0.3, 0.4) is 0 Å². The van der Waals surface area contributed by atoms with Crippen LogP contribution >= 0.6 is 0 Å². The highest BCUT2D eigenvalue weighted by Gasteiger charge is 2.02. The lowest BCUT2D eigenvalue weighted by Gasteiger charge is -1.89. The molecule has 0 aliphatic rings. The minimum Gasteiger partial charge on any atom is -0.346 e. The first kappa shape index (κ1) is 8.98. The topological polar surface area (TPSA) is 76.3 Å². The summed E-state index contributed by atoms with van der Waals surface area (Å²) in [5.41, 5.74) is 1.63. The van der Waals surface area contributed by atoms with Gasteiger partial charge in [-0.3, -0.25) is 0 Å². The maximum Gasteiger partial charge on any atom is 0.137 e. The third kappa shape index (κ3) is 1.56. The van der Waals surface area contributed by atoms with Crippen LogP contribution in [-0.2, 0) is 0 Å². The number of pyridine rings is 1. The fraction of sp³-hybridized carbons (Fsp3) is 0. The van der Waals surface area contributed by atoms with Gasteiger partial charge in [0.05, 0.1) is 0 Å². The van der Waals surface area contributed by atoms with Crippen molar-refractivity contribution in [2.45, 2.75) is 0 Å². The second-order valence-corrected chi connectivity index (χ2v) is 2.93. The molecule has 4 nitrogen and oxygen atoms in total. The van der Waals surface area contributed by atoms with Gasteiger partial charge < -0.3 is 4.98 Å². The van der Waals surface area contributed by atoms with Gasteiger partial charge in [0.2, 0.25) is 0 Å². The zero-order chi connectivity index (χ0) is 10.7. The zero-order valence-corrected chi connectivity index (χ0v) is 7.73. The third-order valence-corrected chi connectivity index (χ3v) is 2.02. The van der Waals surface area contributed by atoms with Crippen molar-refractivity contribution in [3.05, 3.63) is 35.7 Å². The van der Waals surface area contributed by atoms with Gasteiger partial charge in [-0.25, -0.2) is 4.98 Å². The van der Waals surface area contributed by atoms with Gasteiger partial charge >= 0.3 is 0 Å². The second kappa shape index (κ2) is 3.65. The Morgan fingerprint density at radius 2 is 2.20 bits per heavy atom. The summed E-state index contributed by atoms with van der Waals surface area (Å²) in [6, 6.07) is 7.34. The fourth-order valence-electron chi connectivity index (χ4n) is 1.34. The van der Waals surface area contributed by atoms with Gasteiger partial charge in [0, 0.05) is 23.3 Å². The van der Waals surface area contributed by atoms with Gasteiger partial charge in [-0.15, -0.1) is 0 Å². The summed E-state index contributed by atoms with van der Waals surface area (Å²) in [6.07, 6.45) is 4.95. The quantitative estimate of drug-likeness (QED) is 0.705. The number of H-pyrrole nitrogens is 1. The molecular formula is C11H6N4. The molecule has 0 saturated heterocycles. The molecule has 0 radical (unpaired) electrons. The third-order valence-electron chi connectivity index (χ3n) is 2.02. The van der Waals surface area contributed by atoms with Crippen LogP contribution in [-0.4, -0.2) is 9.97 Å². The summed E-state index contributed by atoms with van der Waals surface area (Å²) < 4.78 is 0. The summed E-state index contributed by atoms with van der Waals surface area (Å²) in [5.74, 6) is 0. The van der Waals surface area contributed by atoms with Crippen LogP contribution in [0.15, 0.2) is 30.1 Å². The fourth-order valence-corrected chi connectivity index (χ4v) is 1.34. The van der Waals surface area contributed by atoms with E-state index in [1.54, 1.807) is 18.5 Å². The van der Waals surface area contributed by atoms with Gasteiger partial charge in [-0.1, -0.05) is 0 Å². The summed E-state index contributed by atoms with van der Waals surface area (Å²) in [4.78, 5) is 7.08. The van der Waals surface area contributed by atoms with Crippen molar-refractivity contribution >= 4 is 17.1 Å². The van der Waals surface area contributed by atoms with Crippen LogP contribution in [0.1, 0.15) is 5.56 Å². The van der Waals surface area contributed by atoms with Crippen molar-refractivity contribution in [1.29, 1.82) is 10.5 Å². The van der Waals surface area contributed by atoms with Crippen molar-refractivity contribution < 1.29 is 0 Å². The molecule has 0 aliphatic heterocycles. The molecule has 2 heterocycles. The zero-order valence-electron chi connectivity index (χ0n) is 7.73. The summed E-state index contributed by atoms with van der Waals surface area (Å²) >= 11 is 0. The molecule has 0 amide bonds. The van der Waals surface area contributed by atoms with E-state index in [9.17, 15) is 0 Å². The Morgan fingerprint density at radius 1 is 1.40 bits per heavy atom. The molecule has 1 N–H and O–H groups in total. The van der Waals surface area contributed by atoms with Gasteiger partial charge in [0.25, 0.3) is 0 Å². The van der Waals surface area contributed by atoms with E-state index in [1.807, 2.05) is 24.3 Å². The Balaban J connectivity index is 2.61. The normalized spacial score (nSPS) is 9.20. The molecule has 0 aliphatic carbocycles. The average Bonchev–Trinajstić information content (AvgIpc) is 2.69. The SMILES string of the molecule is N#CC(C#N)=Cc1c[nH]c2ncccc12. The standard InChI is InChI=1S/C11H6N4/c12-5-8(6-13)4-9-7-15-11-10(9)2-1-3-14-11/h1-4,7H,(H,14,15). The summed E-state index contributed by atoms with van der Waals surface area (Å²) in [6.45, 7) is 0. The second-order valence-electron chi connectivity index (χ2n) is 2.93. The number of aromatic amines is 1. The number of allylic oxidation sites excluding steroid dienone is 1. The molecule has 4 heteroatoms. The molecule has 0 atom stereocenters. The summed E-state index contributed by atoms with van der Waals surface area (Å²) in [7, 11) is 0. The molecule has 0 unspecified atom stereocenters. The Labute approximate surface area is 86.1 Å². The average molecular weight is 194 g/mol. The van der Waals surface area contributed by atoms with Gasteiger partial charge in [0.1, 0.15) is 23.4 Å². The first-order chi connectivity index (χ1) is 7.35. The Morgan fingerprint density at radius 3 is 2.93 bits per heavy atom. The molecular weight excluding hydrogens is 188 g/mol. The molecule has 15 heavy (non-hydrogen) atoms. The molecule has 0 saturated carbocycles. The molecule has 0 fully saturated rings. The minimum atomic E-state index is 0.0831. The van der Waals surface area contributed by atoms with Gasteiger partial charge in [-0.05, 0) is 18.2 Å². The maximum atomic E-state index is 8.63. The van der Waals surface area contributed by atoms with E-state index in [0.717, 1.165) is 16.6 Å². The van der Waals surface area contributed by atoms with Crippen molar-refractivity contribution in [2.75, 3.05) is 0 Å². The van der Waals surface area contributed by atoms with Crippen LogP contribution in [0.25, 0.3) is 17.1 Å². The van der Waals surface area contributed by atoms with Gasteiger partial charge in [0.15, 0.2) is 0 Å². The van der Waals surface area contributed by atoms with Crippen molar-refractivity contribution in [3.63, 3.8) is 0 Å². The van der Waals surface area contributed by atoms with E-state index >= 15 is 0 Å². The smallest absolute Gasteiger partial charge is 0.137 e. The predicted octanol–water partition coefficient (Wildman–Crippen LogP) is 1.99.